The first kappa shape index (κ1) is 9.41. The van der Waals surface area contributed by atoms with Crippen molar-refractivity contribution in [2.45, 2.75) is 32.1 Å². The minimum absolute atomic E-state index is 0.659. The van der Waals surface area contributed by atoms with Gasteiger partial charge in [-0.3, -0.25) is 0 Å². The van der Waals surface area contributed by atoms with Gasteiger partial charge in [0, 0.05) is 11.8 Å². The molecule has 16 heavy (non-hydrogen) atoms. The number of nitriles is 1. The lowest BCUT2D eigenvalue weighted by Crippen LogP contribution is -2.09. The average molecular weight is 211 g/mol. The summed E-state index contributed by atoms with van der Waals surface area (Å²) in [5.74, 6) is 0.659. The maximum Gasteiger partial charge on any atom is 0.0992 e. The van der Waals surface area contributed by atoms with Gasteiger partial charge in [0.15, 0.2) is 0 Å². The van der Waals surface area contributed by atoms with Crippen molar-refractivity contribution < 1.29 is 0 Å². The van der Waals surface area contributed by atoms with E-state index in [0.29, 0.717) is 11.5 Å². The van der Waals surface area contributed by atoms with Gasteiger partial charge in [-0.2, -0.15) is 10.4 Å². The van der Waals surface area contributed by atoms with Crippen LogP contribution < -0.4 is 0 Å². The molecule has 1 aliphatic carbocycles. The number of hydrogen-bond acceptors (Lipinski definition) is 2. The second-order valence-corrected chi connectivity index (χ2v) is 4.48. The van der Waals surface area contributed by atoms with Crippen molar-refractivity contribution in [1.82, 2.24) is 9.61 Å². The molecule has 2 heterocycles. The van der Waals surface area contributed by atoms with Gasteiger partial charge >= 0.3 is 0 Å². The monoisotopic (exact) mass is 211 g/mol. The highest BCUT2D eigenvalue weighted by atomic mass is 15.2. The fourth-order valence-electron chi connectivity index (χ4n) is 2.45. The van der Waals surface area contributed by atoms with Crippen molar-refractivity contribution >= 4 is 5.52 Å². The molecular formula is C13H13N3. The van der Waals surface area contributed by atoms with Crippen LogP contribution >= 0.6 is 0 Å². The average Bonchev–Trinajstić information content (AvgIpc) is 2.53. The van der Waals surface area contributed by atoms with Crippen molar-refractivity contribution in [1.29, 1.82) is 5.26 Å². The lowest BCUT2D eigenvalue weighted by Gasteiger charge is -2.25. The second kappa shape index (κ2) is 3.34. The Morgan fingerprint density at radius 3 is 2.94 bits per heavy atom. The smallest absolute Gasteiger partial charge is 0.0992 e. The van der Waals surface area contributed by atoms with Gasteiger partial charge in [0.25, 0.3) is 0 Å². The maximum absolute atomic E-state index is 8.92. The van der Waals surface area contributed by atoms with Crippen LogP contribution in [0.3, 0.4) is 0 Å². The Morgan fingerprint density at radius 2 is 2.31 bits per heavy atom. The van der Waals surface area contributed by atoms with Crippen LogP contribution in [0, 0.1) is 18.3 Å². The lowest BCUT2D eigenvalue weighted by atomic mass is 9.79. The van der Waals surface area contributed by atoms with Crippen molar-refractivity contribution in [2.75, 3.05) is 0 Å². The molecule has 0 spiro atoms. The molecule has 0 saturated heterocycles. The predicted octanol–water partition coefficient (Wildman–Crippen LogP) is 2.78. The van der Waals surface area contributed by atoms with Gasteiger partial charge in [0.2, 0.25) is 0 Å². The minimum atomic E-state index is 0.659. The SMILES string of the molecule is Cc1nn2ccc(C#N)cc2c1C1CCC1. The van der Waals surface area contributed by atoms with Crippen molar-refractivity contribution in [3.63, 3.8) is 0 Å². The Bertz CT molecular complexity index is 585. The Balaban J connectivity index is 2.24. The fraction of sp³-hybridized carbons (Fsp3) is 0.385. The summed E-state index contributed by atoms with van der Waals surface area (Å²) in [6, 6.07) is 5.95. The van der Waals surface area contributed by atoms with E-state index in [4.69, 9.17) is 5.26 Å². The number of hydrogen-bond donors (Lipinski definition) is 0. The highest BCUT2D eigenvalue weighted by Gasteiger charge is 2.25. The third-order valence-corrected chi connectivity index (χ3v) is 3.50. The van der Waals surface area contributed by atoms with Gasteiger partial charge in [-0.1, -0.05) is 6.42 Å². The highest BCUT2D eigenvalue weighted by Crippen LogP contribution is 2.39. The Labute approximate surface area is 94.3 Å². The zero-order valence-corrected chi connectivity index (χ0v) is 9.27. The van der Waals surface area contributed by atoms with E-state index in [2.05, 4.69) is 18.1 Å². The largest absolute Gasteiger partial charge is 0.240 e. The molecule has 0 bridgehead atoms. The van der Waals surface area contributed by atoms with Gasteiger partial charge in [-0.15, -0.1) is 0 Å². The molecule has 2 aromatic heterocycles. The molecule has 0 N–H and O–H groups in total. The van der Waals surface area contributed by atoms with E-state index in [1.54, 1.807) is 0 Å². The molecule has 0 radical (unpaired) electrons. The third kappa shape index (κ3) is 1.23. The zero-order chi connectivity index (χ0) is 11.1. The summed E-state index contributed by atoms with van der Waals surface area (Å²) < 4.78 is 1.89. The molecule has 3 nitrogen and oxygen atoms in total. The zero-order valence-electron chi connectivity index (χ0n) is 9.27. The summed E-state index contributed by atoms with van der Waals surface area (Å²) in [4.78, 5) is 0. The van der Waals surface area contributed by atoms with Gasteiger partial charge in [-0.25, -0.2) is 4.52 Å². The number of nitrogens with zero attached hydrogens (tertiary/aromatic N) is 3. The normalized spacial score (nSPS) is 16.0. The summed E-state index contributed by atoms with van der Waals surface area (Å²) in [7, 11) is 0. The lowest BCUT2D eigenvalue weighted by molar-refractivity contribution is 0.420. The van der Waals surface area contributed by atoms with E-state index >= 15 is 0 Å². The number of fused-ring (bicyclic) bond motifs is 1. The molecule has 3 heteroatoms. The Hall–Kier alpha value is -1.82. The van der Waals surface area contributed by atoms with Crippen molar-refractivity contribution in [3.05, 3.63) is 35.2 Å². The first-order chi connectivity index (χ1) is 7.79. The number of pyridine rings is 1. The first-order valence-electron chi connectivity index (χ1n) is 5.68. The van der Waals surface area contributed by atoms with Gasteiger partial charge in [0.1, 0.15) is 0 Å². The van der Waals surface area contributed by atoms with Crippen LogP contribution in [0.25, 0.3) is 5.52 Å². The second-order valence-electron chi connectivity index (χ2n) is 4.48. The van der Waals surface area contributed by atoms with Crippen LogP contribution in [-0.2, 0) is 0 Å². The Morgan fingerprint density at radius 1 is 1.50 bits per heavy atom. The molecule has 0 atom stereocenters. The topological polar surface area (TPSA) is 41.1 Å². The van der Waals surface area contributed by atoms with E-state index in [1.807, 2.05) is 22.8 Å². The molecule has 0 aromatic carbocycles. The number of aromatic nitrogens is 2. The molecule has 0 aliphatic heterocycles. The van der Waals surface area contributed by atoms with E-state index < -0.39 is 0 Å². The molecule has 80 valence electrons. The summed E-state index contributed by atoms with van der Waals surface area (Å²) in [6.45, 7) is 2.06. The molecule has 2 aromatic rings. The molecular weight excluding hydrogens is 198 g/mol. The van der Waals surface area contributed by atoms with Crippen LogP contribution in [-0.4, -0.2) is 9.61 Å². The molecule has 1 saturated carbocycles. The van der Waals surface area contributed by atoms with Gasteiger partial charge < -0.3 is 0 Å². The third-order valence-electron chi connectivity index (χ3n) is 3.50. The van der Waals surface area contributed by atoms with Crippen LogP contribution in [0.2, 0.25) is 0 Å². The standard InChI is InChI=1S/C13H13N3/c1-9-13(11-3-2-4-11)12-7-10(8-14)5-6-16(12)15-9/h5-7,11H,2-4H2,1H3. The number of rotatable bonds is 1. The van der Waals surface area contributed by atoms with Crippen LogP contribution in [0.5, 0.6) is 0 Å². The van der Waals surface area contributed by atoms with E-state index in [1.165, 1.54) is 24.8 Å². The quantitative estimate of drug-likeness (QED) is 0.727. The molecule has 1 fully saturated rings. The minimum Gasteiger partial charge on any atom is -0.240 e. The fourth-order valence-corrected chi connectivity index (χ4v) is 2.45. The number of aryl methyl sites for hydroxylation is 1. The van der Waals surface area contributed by atoms with Crippen LogP contribution in [0.15, 0.2) is 18.3 Å². The van der Waals surface area contributed by atoms with E-state index in [-0.39, 0.29) is 0 Å². The summed E-state index contributed by atoms with van der Waals surface area (Å²) in [5, 5.41) is 13.4. The molecule has 3 rings (SSSR count). The Kier molecular flexibility index (Phi) is 1.97. The van der Waals surface area contributed by atoms with E-state index in [0.717, 1.165) is 11.2 Å². The van der Waals surface area contributed by atoms with Gasteiger partial charge in [-0.05, 0) is 37.8 Å². The summed E-state index contributed by atoms with van der Waals surface area (Å²) >= 11 is 0. The van der Waals surface area contributed by atoms with Gasteiger partial charge in [0.05, 0.1) is 22.8 Å². The van der Waals surface area contributed by atoms with Crippen molar-refractivity contribution in [2.24, 2.45) is 0 Å². The van der Waals surface area contributed by atoms with Crippen LogP contribution in [0.4, 0.5) is 0 Å². The summed E-state index contributed by atoms with van der Waals surface area (Å²) in [6.07, 6.45) is 5.72. The van der Waals surface area contributed by atoms with E-state index in [9.17, 15) is 0 Å². The highest BCUT2D eigenvalue weighted by molar-refractivity contribution is 5.61. The predicted molar refractivity (Wildman–Crippen MR) is 61.2 cm³/mol. The maximum atomic E-state index is 8.92. The molecule has 1 aliphatic rings. The molecule has 0 amide bonds. The van der Waals surface area contributed by atoms with Crippen molar-refractivity contribution in [3.8, 4) is 6.07 Å². The molecule has 0 unspecified atom stereocenters. The first-order valence-corrected chi connectivity index (χ1v) is 5.68. The summed E-state index contributed by atoms with van der Waals surface area (Å²) in [5.41, 5.74) is 4.29. The van der Waals surface area contributed by atoms with Crippen LogP contribution in [0.1, 0.15) is 42.0 Å².